The predicted molar refractivity (Wildman–Crippen MR) is 89.8 cm³/mol. The van der Waals surface area contributed by atoms with E-state index in [2.05, 4.69) is 19.2 Å². The molecule has 1 aromatic rings. The van der Waals surface area contributed by atoms with Crippen LogP contribution in [0.2, 0.25) is 0 Å². The van der Waals surface area contributed by atoms with E-state index >= 15 is 0 Å². The van der Waals surface area contributed by atoms with E-state index in [9.17, 15) is 0 Å². The summed E-state index contributed by atoms with van der Waals surface area (Å²) in [7, 11) is 0. The summed E-state index contributed by atoms with van der Waals surface area (Å²) in [6.45, 7) is 7.76. The molecule has 1 aliphatic carbocycles. The molecule has 2 nitrogen and oxygen atoms in total. The Bertz CT molecular complexity index is 382. The summed E-state index contributed by atoms with van der Waals surface area (Å²) >= 11 is 0. The van der Waals surface area contributed by atoms with E-state index in [0.717, 1.165) is 31.2 Å². The van der Waals surface area contributed by atoms with Crippen LogP contribution >= 0.6 is 0 Å². The molecule has 0 heterocycles. The van der Waals surface area contributed by atoms with Crippen LogP contribution in [0.25, 0.3) is 0 Å². The summed E-state index contributed by atoms with van der Waals surface area (Å²) in [5.74, 6) is 1.79. The van der Waals surface area contributed by atoms with Gasteiger partial charge in [-0.2, -0.15) is 0 Å². The molecule has 0 atom stereocenters. The van der Waals surface area contributed by atoms with Crippen molar-refractivity contribution in [2.24, 2.45) is 11.3 Å². The van der Waals surface area contributed by atoms with Crippen LogP contribution < -0.4 is 10.1 Å². The Labute approximate surface area is 130 Å². The van der Waals surface area contributed by atoms with Gasteiger partial charge >= 0.3 is 0 Å². The maximum Gasteiger partial charge on any atom is 0.119 e. The zero-order valence-electron chi connectivity index (χ0n) is 13.7. The van der Waals surface area contributed by atoms with Crippen LogP contribution in [-0.2, 0) is 0 Å². The molecule has 2 rings (SSSR count). The SMILES string of the molecule is CC(C)CC1(CNCCCOc2ccccc2)CCCC1. The van der Waals surface area contributed by atoms with Gasteiger partial charge in [-0.05, 0) is 55.7 Å². The van der Waals surface area contributed by atoms with Crippen LogP contribution in [-0.4, -0.2) is 19.7 Å². The predicted octanol–water partition coefficient (Wildman–Crippen LogP) is 4.65. The second kappa shape index (κ2) is 8.43. The first-order valence-electron chi connectivity index (χ1n) is 8.59. The van der Waals surface area contributed by atoms with Crippen molar-refractivity contribution in [2.75, 3.05) is 19.7 Å². The molecule has 0 amide bonds. The molecule has 1 aromatic carbocycles. The minimum absolute atomic E-state index is 0.578. The number of ether oxygens (including phenoxy) is 1. The van der Waals surface area contributed by atoms with Crippen molar-refractivity contribution < 1.29 is 4.74 Å². The number of benzene rings is 1. The van der Waals surface area contributed by atoms with Crippen LogP contribution in [0.15, 0.2) is 30.3 Å². The van der Waals surface area contributed by atoms with Crippen molar-refractivity contribution in [1.82, 2.24) is 5.32 Å². The molecule has 1 aliphatic rings. The smallest absolute Gasteiger partial charge is 0.119 e. The number of rotatable bonds is 9. The topological polar surface area (TPSA) is 21.3 Å². The van der Waals surface area contributed by atoms with Gasteiger partial charge < -0.3 is 10.1 Å². The molecule has 0 spiro atoms. The highest BCUT2D eigenvalue weighted by Gasteiger charge is 2.33. The molecule has 1 N–H and O–H groups in total. The van der Waals surface area contributed by atoms with E-state index in [1.54, 1.807) is 0 Å². The normalized spacial score (nSPS) is 17.3. The van der Waals surface area contributed by atoms with Crippen molar-refractivity contribution in [3.05, 3.63) is 30.3 Å². The average molecular weight is 289 g/mol. The standard InChI is InChI=1S/C19H31NO/c1-17(2)15-19(11-6-7-12-19)16-20-13-8-14-21-18-9-4-3-5-10-18/h3-5,9-10,17,20H,6-8,11-16H2,1-2H3. The Morgan fingerprint density at radius 1 is 1.14 bits per heavy atom. The van der Waals surface area contributed by atoms with Gasteiger partial charge in [0.15, 0.2) is 0 Å². The third-order valence-corrected chi connectivity index (χ3v) is 4.52. The lowest BCUT2D eigenvalue weighted by molar-refractivity contribution is 0.221. The van der Waals surface area contributed by atoms with E-state index in [1.165, 1.54) is 38.6 Å². The van der Waals surface area contributed by atoms with Gasteiger partial charge in [0.2, 0.25) is 0 Å². The molecule has 0 saturated heterocycles. The zero-order valence-corrected chi connectivity index (χ0v) is 13.7. The minimum atomic E-state index is 0.578. The Balaban J connectivity index is 1.60. The van der Waals surface area contributed by atoms with E-state index in [4.69, 9.17) is 4.74 Å². The molecule has 21 heavy (non-hydrogen) atoms. The Morgan fingerprint density at radius 2 is 1.86 bits per heavy atom. The van der Waals surface area contributed by atoms with E-state index < -0.39 is 0 Å². The molecule has 0 bridgehead atoms. The fourth-order valence-corrected chi connectivity index (χ4v) is 3.70. The Kier molecular flexibility index (Phi) is 6.56. The monoisotopic (exact) mass is 289 g/mol. The molecule has 1 fully saturated rings. The third kappa shape index (κ3) is 5.70. The van der Waals surface area contributed by atoms with Gasteiger partial charge in [0.05, 0.1) is 6.61 Å². The van der Waals surface area contributed by atoms with Gasteiger partial charge in [0.25, 0.3) is 0 Å². The molecule has 0 radical (unpaired) electrons. The van der Waals surface area contributed by atoms with Gasteiger partial charge in [-0.15, -0.1) is 0 Å². The lowest BCUT2D eigenvalue weighted by atomic mass is 9.78. The third-order valence-electron chi connectivity index (χ3n) is 4.52. The number of nitrogens with one attached hydrogen (secondary N) is 1. The second-order valence-electron chi connectivity index (χ2n) is 7.00. The summed E-state index contributed by atoms with van der Waals surface area (Å²) in [6.07, 6.45) is 8.13. The van der Waals surface area contributed by atoms with Crippen molar-refractivity contribution >= 4 is 0 Å². The van der Waals surface area contributed by atoms with Crippen LogP contribution in [0.3, 0.4) is 0 Å². The number of hydrogen-bond acceptors (Lipinski definition) is 2. The van der Waals surface area contributed by atoms with Crippen LogP contribution in [0.5, 0.6) is 5.75 Å². The number of para-hydroxylation sites is 1. The lowest BCUT2D eigenvalue weighted by Crippen LogP contribution is -2.34. The molecule has 0 aliphatic heterocycles. The average Bonchev–Trinajstić information content (AvgIpc) is 2.91. The summed E-state index contributed by atoms with van der Waals surface area (Å²) in [6, 6.07) is 10.1. The fraction of sp³-hybridized carbons (Fsp3) is 0.684. The van der Waals surface area contributed by atoms with Crippen LogP contribution in [0, 0.1) is 11.3 Å². The summed E-state index contributed by atoms with van der Waals surface area (Å²) in [5, 5.41) is 3.68. The van der Waals surface area contributed by atoms with Crippen molar-refractivity contribution in [2.45, 2.75) is 52.4 Å². The van der Waals surface area contributed by atoms with E-state index in [-0.39, 0.29) is 0 Å². The first-order valence-corrected chi connectivity index (χ1v) is 8.59. The van der Waals surface area contributed by atoms with Crippen LogP contribution in [0.1, 0.15) is 52.4 Å². The van der Waals surface area contributed by atoms with Gasteiger partial charge in [-0.3, -0.25) is 0 Å². The largest absolute Gasteiger partial charge is 0.494 e. The van der Waals surface area contributed by atoms with E-state index in [1.807, 2.05) is 30.3 Å². The van der Waals surface area contributed by atoms with Gasteiger partial charge in [-0.1, -0.05) is 44.9 Å². The Hall–Kier alpha value is -1.02. The maximum absolute atomic E-state index is 5.73. The maximum atomic E-state index is 5.73. The first kappa shape index (κ1) is 16.4. The van der Waals surface area contributed by atoms with Crippen molar-refractivity contribution in [3.8, 4) is 5.75 Å². The molecule has 0 unspecified atom stereocenters. The van der Waals surface area contributed by atoms with Gasteiger partial charge in [-0.25, -0.2) is 0 Å². The first-order chi connectivity index (χ1) is 10.2. The molecule has 1 saturated carbocycles. The summed E-state index contributed by atoms with van der Waals surface area (Å²) in [4.78, 5) is 0. The van der Waals surface area contributed by atoms with Crippen molar-refractivity contribution in [3.63, 3.8) is 0 Å². The fourth-order valence-electron chi connectivity index (χ4n) is 3.70. The highest BCUT2D eigenvalue weighted by atomic mass is 16.5. The van der Waals surface area contributed by atoms with Gasteiger partial charge in [0, 0.05) is 6.54 Å². The summed E-state index contributed by atoms with van der Waals surface area (Å²) in [5.41, 5.74) is 0.578. The lowest BCUT2D eigenvalue weighted by Gasteiger charge is -2.31. The minimum Gasteiger partial charge on any atom is -0.494 e. The molecule has 0 aromatic heterocycles. The highest BCUT2D eigenvalue weighted by molar-refractivity contribution is 5.20. The summed E-state index contributed by atoms with van der Waals surface area (Å²) < 4.78 is 5.73. The van der Waals surface area contributed by atoms with Crippen LogP contribution in [0.4, 0.5) is 0 Å². The Morgan fingerprint density at radius 3 is 2.52 bits per heavy atom. The van der Waals surface area contributed by atoms with Crippen molar-refractivity contribution in [1.29, 1.82) is 0 Å². The molecular formula is C19H31NO. The molecule has 118 valence electrons. The zero-order chi connectivity index (χ0) is 15.0. The molecular weight excluding hydrogens is 258 g/mol. The number of hydrogen-bond donors (Lipinski definition) is 1. The van der Waals surface area contributed by atoms with Gasteiger partial charge in [0.1, 0.15) is 5.75 Å². The second-order valence-corrected chi connectivity index (χ2v) is 7.00. The van der Waals surface area contributed by atoms with E-state index in [0.29, 0.717) is 5.41 Å². The quantitative estimate of drug-likeness (QED) is 0.668. The highest BCUT2D eigenvalue weighted by Crippen LogP contribution is 2.42. The molecule has 2 heteroatoms.